The first kappa shape index (κ1) is 9.97. The first-order valence-electron chi connectivity index (χ1n) is 5.65. The summed E-state index contributed by atoms with van der Waals surface area (Å²) in [6.45, 7) is 2.98. The highest BCUT2D eigenvalue weighted by molar-refractivity contribution is 5.82. The molecule has 0 aromatic rings. The van der Waals surface area contributed by atoms with Crippen molar-refractivity contribution in [2.45, 2.75) is 51.0 Å². The lowest BCUT2D eigenvalue weighted by molar-refractivity contribution is -0.155. The molecule has 0 saturated heterocycles. The zero-order chi connectivity index (χ0) is 10.2. The molecular formula is C11H19NO2. The summed E-state index contributed by atoms with van der Waals surface area (Å²) in [5.74, 6) is -0.627. The van der Waals surface area contributed by atoms with Crippen molar-refractivity contribution < 1.29 is 9.90 Å². The van der Waals surface area contributed by atoms with Gasteiger partial charge in [-0.2, -0.15) is 0 Å². The van der Waals surface area contributed by atoms with Crippen LogP contribution in [0.2, 0.25) is 0 Å². The van der Waals surface area contributed by atoms with Crippen LogP contribution in [0.1, 0.15) is 45.4 Å². The topological polar surface area (TPSA) is 49.3 Å². The second-order valence-corrected chi connectivity index (χ2v) is 4.77. The number of carbonyl (C=O) groups is 1. The number of nitrogens with one attached hydrogen (secondary N) is 1. The van der Waals surface area contributed by atoms with Crippen LogP contribution in [0.25, 0.3) is 0 Å². The molecule has 0 heterocycles. The van der Waals surface area contributed by atoms with Crippen LogP contribution in [0.5, 0.6) is 0 Å². The SMILES string of the molecule is CCCCNC1(C(=O)O)CCC12CC2. The molecule has 3 nitrogen and oxygen atoms in total. The van der Waals surface area contributed by atoms with Crippen molar-refractivity contribution >= 4 is 5.97 Å². The van der Waals surface area contributed by atoms with E-state index in [1.165, 1.54) is 0 Å². The molecule has 0 bridgehead atoms. The lowest BCUT2D eigenvalue weighted by Gasteiger charge is -2.48. The van der Waals surface area contributed by atoms with Crippen molar-refractivity contribution in [2.75, 3.05) is 6.54 Å². The number of carboxylic acid groups (broad SMARTS) is 1. The molecule has 0 amide bonds. The normalized spacial score (nSPS) is 32.6. The van der Waals surface area contributed by atoms with Gasteiger partial charge in [0.05, 0.1) is 0 Å². The molecular weight excluding hydrogens is 178 g/mol. The van der Waals surface area contributed by atoms with Crippen LogP contribution in [-0.2, 0) is 4.79 Å². The standard InChI is InChI=1S/C11H19NO2/c1-2-3-8-12-11(9(13)14)7-6-10(11)4-5-10/h12H,2-8H2,1H3,(H,13,14). The molecule has 1 atom stereocenters. The van der Waals surface area contributed by atoms with Crippen molar-refractivity contribution in [3.63, 3.8) is 0 Å². The van der Waals surface area contributed by atoms with E-state index >= 15 is 0 Å². The number of rotatable bonds is 5. The van der Waals surface area contributed by atoms with Crippen LogP contribution in [0, 0.1) is 5.41 Å². The van der Waals surface area contributed by atoms with E-state index < -0.39 is 11.5 Å². The minimum Gasteiger partial charge on any atom is -0.480 e. The van der Waals surface area contributed by atoms with E-state index in [9.17, 15) is 9.90 Å². The van der Waals surface area contributed by atoms with Gasteiger partial charge in [0.15, 0.2) is 0 Å². The van der Waals surface area contributed by atoms with Gasteiger partial charge >= 0.3 is 5.97 Å². The molecule has 2 fully saturated rings. The Bertz CT molecular complexity index is 248. The Kier molecular flexibility index (Phi) is 2.30. The van der Waals surface area contributed by atoms with Crippen molar-refractivity contribution in [1.29, 1.82) is 0 Å². The zero-order valence-corrected chi connectivity index (χ0v) is 8.81. The Morgan fingerprint density at radius 1 is 1.36 bits per heavy atom. The van der Waals surface area contributed by atoms with Gasteiger partial charge in [0.25, 0.3) is 0 Å². The molecule has 0 aliphatic heterocycles. The van der Waals surface area contributed by atoms with Gasteiger partial charge in [-0.05, 0) is 44.1 Å². The third-order valence-electron chi connectivity index (χ3n) is 4.06. The van der Waals surface area contributed by atoms with E-state index in [2.05, 4.69) is 12.2 Å². The molecule has 14 heavy (non-hydrogen) atoms. The summed E-state index contributed by atoms with van der Waals surface area (Å²) in [5, 5.41) is 12.6. The molecule has 0 aromatic heterocycles. The van der Waals surface area contributed by atoms with Gasteiger partial charge in [0.2, 0.25) is 0 Å². The quantitative estimate of drug-likeness (QED) is 0.660. The lowest BCUT2D eigenvalue weighted by Crippen LogP contribution is -2.65. The lowest BCUT2D eigenvalue weighted by atomic mass is 9.63. The molecule has 0 aromatic carbocycles. The Morgan fingerprint density at radius 3 is 2.36 bits per heavy atom. The van der Waals surface area contributed by atoms with Crippen LogP contribution in [0.4, 0.5) is 0 Å². The fourth-order valence-electron chi connectivity index (χ4n) is 2.72. The molecule has 2 aliphatic carbocycles. The van der Waals surface area contributed by atoms with Crippen LogP contribution in [0.15, 0.2) is 0 Å². The molecule has 2 aliphatic rings. The van der Waals surface area contributed by atoms with Gasteiger partial charge in [0.1, 0.15) is 5.54 Å². The summed E-state index contributed by atoms with van der Waals surface area (Å²) in [4.78, 5) is 11.3. The van der Waals surface area contributed by atoms with Crippen LogP contribution in [-0.4, -0.2) is 23.2 Å². The maximum atomic E-state index is 11.3. The number of hydrogen-bond donors (Lipinski definition) is 2. The van der Waals surface area contributed by atoms with Gasteiger partial charge < -0.3 is 10.4 Å². The minimum atomic E-state index is -0.627. The predicted octanol–water partition coefficient (Wildman–Crippen LogP) is 1.77. The molecule has 80 valence electrons. The maximum Gasteiger partial charge on any atom is 0.324 e. The van der Waals surface area contributed by atoms with Gasteiger partial charge in [-0.1, -0.05) is 13.3 Å². The Hall–Kier alpha value is -0.570. The average Bonchev–Trinajstić information content (AvgIpc) is 2.91. The summed E-state index contributed by atoms with van der Waals surface area (Å²) in [5.41, 5.74) is -0.408. The van der Waals surface area contributed by atoms with Gasteiger partial charge in [-0.25, -0.2) is 0 Å². The van der Waals surface area contributed by atoms with Crippen LogP contribution in [0.3, 0.4) is 0 Å². The molecule has 1 spiro atoms. The third-order valence-corrected chi connectivity index (χ3v) is 4.06. The maximum absolute atomic E-state index is 11.3. The van der Waals surface area contributed by atoms with E-state index in [0.717, 1.165) is 45.1 Å². The molecule has 2 N–H and O–H groups in total. The minimum absolute atomic E-state index is 0.145. The first-order chi connectivity index (χ1) is 6.67. The average molecular weight is 197 g/mol. The predicted molar refractivity (Wildman–Crippen MR) is 54.2 cm³/mol. The van der Waals surface area contributed by atoms with Crippen molar-refractivity contribution in [2.24, 2.45) is 5.41 Å². The van der Waals surface area contributed by atoms with Crippen LogP contribution >= 0.6 is 0 Å². The number of hydrogen-bond acceptors (Lipinski definition) is 2. The molecule has 2 saturated carbocycles. The highest BCUT2D eigenvalue weighted by Crippen LogP contribution is 2.66. The summed E-state index contributed by atoms with van der Waals surface area (Å²) in [6.07, 6.45) is 6.35. The van der Waals surface area contributed by atoms with E-state index in [0.29, 0.717) is 0 Å². The van der Waals surface area contributed by atoms with Gasteiger partial charge in [-0.3, -0.25) is 4.79 Å². The fourth-order valence-corrected chi connectivity index (χ4v) is 2.72. The van der Waals surface area contributed by atoms with Crippen molar-refractivity contribution in [1.82, 2.24) is 5.32 Å². The Labute approximate surface area is 84.9 Å². The number of aliphatic carboxylic acids is 1. The summed E-state index contributed by atoms with van der Waals surface area (Å²) < 4.78 is 0. The van der Waals surface area contributed by atoms with Crippen LogP contribution < -0.4 is 5.32 Å². The highest BCUT2D eigenvalue weighted by atomic mass is 16.4. The molecule has 2 rings (SSSR count). The smallest absolute Gasteiger partial charge is 0.324 e. The molecule has 1 unspecified atom stereocenters. The summed E-state index contributed by atoms with van der Waals surface area (Å²) in [6, 6.07) is 0. The Morgan fingerprint density at radius 2 is 2.00 bits per heavy atom. The second-order valence-electron chi connectivity index (χ2n) is 4.77. The van der Waals surface area contributed by atoms with E-state index in [1.54, 1.807) is 0 Å². The molecule has 0 radical (unpaired) electrons. The van der Waals surface area contributed by atoms with Crippen molar-refractivity contribution in [3.05, 3.63) is 0 Å². The fraction of sp³-hybridized carbons (Fsp3) is 0.909. The summed E-state index contributed by atoms with van der Waals surface area (Å²) in [7, 11) is 0. The monoisotopic (exact) mass is 197 g/mol. The third kappa shape index (κ3) is 1.18. The van der Waals surface area contributed by atoms with Gasteiger partial charge in [0, 0.05) is 0 Å². The molecule has 3 heteroatoms. The number of unbranched alkanes of at least 4 members (excludes halogenated alkanes) is 1. The highest BCUT2D eigenvalue weighted by Gasteiger charge is 2.69. The van der Waals surface area contributed by atoms with Crippen molar-refractivity contribution in [3.8, 4) is 0 Å². The Balaban J connectivity index is 1.98. The van der Waals surface area contributed by atoms with Gasteiger partial charge in [-0.15, -0.1) is 0 Å². The first-order valence-corrected chi connectivity index (χ1v) is 5.65. The second kappa shape index (κ2) is 3.23. The largest absolute Gasteiger partial charge is 0.480 e. The van der Waals surface area contributed by atoms with E-state index in [-0.39, 0.29) is 5.41 Å². The van der Waals surface area contributed by atoms with E-state index in [1.807, 2.05) is 0 Å². The summed E-state index contributed by atoms with van der Waals surface area (Å²) >= 11 is 0. The number of carboxylic acids is 1. The zero-order valence-electron chi connectivity index (χ0n) is 8.81. The van der Waals surface area contributed by atoms with E-state index in [4.69, 9.17) is 0 Å².